The van der Waals surface area contributed by atoms with Gasteiger partial charge in [-0.25, -0.2) is 9.67 Å². The number of halogens is 1. The SMILES string of the molecule is CC1=CC(=Nc2c(N)n3n(c2=O)CCC3)C(N)=C(Cl)C1=O. The first kappa shape index (κ1) is 13.7. The Morgan fingerprint density at radius 2 is 1.90 bits per heavy atom. The molecule has 0 spiro atoms. The van der Waals surface area contributed by atoms with Crippen LogP contribution in [0.5, 0.6) is 0 Å². The zero-order chi connectivity index (χ0) is 15.3. The van der Waals surface area contributed by atoms with E-state index in [1.54, 1.807) is 16.3 Å². The van der Waals surface area contributed by atoms with Crippen LogP contribution in [-0.4, -0.2) is 20.9 Å². The lowest BCUT2D eigenvalue weighted by Gasteiger charge is -2.12. The highest BCUT2D eigenvalue weighted by Crippen LogP contribution is 2.26. The topological polar surface area (TPSA) is 108 Å². The predicted molar refractivity (Wildman–Crippen MR) is 80.6 cm³/mol. The first-order chi connectivity index (χ1) is 9.91. The van der Waals surface area contributed by atoms with Gasteiger partial charge in [-0.15, -0.1) is 0 Å². The molecule has 0 fully saturated rings. The fourth-order valence-corrected chi connectivity index (χ4v) is 2.75. The molecule has 4 N–H and O–H groups in total. The molecule has 1 aromatic heterocycles. The standard InChI is InChI=1S/C13H14ClN5O2/c1-6-5-7(9(15)8(14)11(6)20)17-10-12(16)18-3-2-4-19(18)13(10)21/h5H,2-4,15-16H2,1H3. The normalized spacial score (nSPS) is 20.2. The quantitative estimate of drug-likeness (QED) is 0.742. The number of nitrogens with zero attached hydrogens (tertiary/aromatic N) is 3. The zero-order valence-corrected chi connectivity index (χ0v) is 12.1. The van der Waals surface area contributed by atoms with Gasteiger partial charge in [0.05, 0.1) is 11.4 Å². The number of hydrogen-bond donors (Lipinski definition) is 2. The summed E-state index contributed by atoms with van der Waals surface area (Å²) in [5, 5.41) is -0.0841. The Bertz CT molecular complexity index is 809. The van der Waals surface area contributed by atoms with Crippen LogP contribution in [0.2, 0.25) is 0 Å². The number of Topliss-reactive ketones (excluding diaryl/α,β-unsaturated/α-hetero) is 1. The molecule has 1 aromatic rings. The number of carbonyl (C=O) groups is 1. The van der Waals surface area contributed by atoms with E-state index in [1.807, 2.05) is 0 Å². The van der Waals surface area contributed by atoms with E-state index < -0.39 is 0 Å². The molecule has 0 bridgehead atoms. The number of carbonyl (C=O) groups excluding carboxylic acids is 1. The molecule has 1 aliphatic heterocycles. The van der Waals surface area contributed by atoms with Crippen molar-refractivity contribution < 1.29 is 4.79 Å². The second-order valence-corrected chi connectivity index (χ2v) is 5.40. The third kappa shape index (κ3) is 1.92. The molecule has 8 heteroatoms. The largest absolute Gasteiger partial charge is 0.396 e. The summed E-state index contributed by atoms with van der Waals surface area (Å²) < 4.78 is 3.26. The fourth-order valence-electron chi connectivity index (χ4n) is 2.50. The number of hydrogen-bond acceptors (Lipinski definition) is 5. The lowest BCUT2D eigenvalue weighted by molar-refractivity contribution is -0.111. The number of ketones is 1. The molecule has 2 heterocycles. The summed E-state index contributed by atoms with van der Waals surface area (Å²) in [7, 11) is 0. The third-order valence-corrected chi connectivity index (χ3v) is 4.02. The van der Waals surface area contributed by atoms with Gasteiger partial charge in [0.2, 0.25) is 5.78 Å². The van der Waals surface area contributed by atoms with Crippen LogP contribution in [-0.2, 0) is 17.9 Å². The first-order valence-electron chi connectivity index (χ1n) is 6.48. The number of allylic oxidation sites excluding steroid dienone is 3. The molecule has 0 unspecified atom stereocenters. The molecule has 1 aliphatic carbocycles. The van der Waals surface area contributed by atoms with Gasteiger partial charge in [-0.05, 0) is 19.4 Å². The Morgan fingerprint density at radius 1 is 1.24 bits per heavy atom. The van der Waals surface area contributed by atoms with E-state index in [0.29, 0.717) is 24.5 Å². The lowest BCUT2D eigenvalue weighted by Crippen LogP contribution is -2.21. The van der Waals surface area contributed by atoms with E-state index in [4.69, 9.17) is 23.1 Å². The summed E-state index contributed by atoms with van der Waals surface area (Å²) in [4.78, 5) is 28.2. The zero-order valence-electron chi connectivity index (χ0n) is 11.4. The second kappa shape index (κ2) is 4.63. The fraction of sp³-hybridized carbons (Fsp3) is 0.308. The molecular formula is C13H14ClN5O2. The lowest BCUT2D eigenvalue weighted by atomic mass is 10.0. The van der Waals surface area contributed by atoms with Gasteiger partial charge in [-0.1, -0.05) is 11.6 Å². The summed E-state index contributed by atoms with van der Waals surface area (Å²) in [6.45, 7) is 2.92. The smallest absolute Gasteiger partial charge is 0.294 e. The molecule has 2 aliphatic rings. The highest BCUT2D eigenvalue weighted by molar-refractivity contribution is 6.49. The number of aromatic nitrogens is 2. The molecule has 0 atom stereocenters. The van der Waals surface area contributed by atoms with Crippen molar-refractivity contribution in [2.24, 2.45) is 10.7 Å². The van der Waals surface area contributed by atoms with Gasteiger partial charge >= 0.3 is 0 Å². The van der Waals surface area contributed by atoms with E-state index >= 15 is 0 Å². The summed E-state index contributed by atoms with van der Waals surface area (Å²) in [6, 6.07) is 0. The highest BCUT2D eigenvalue weighted by Gasteiger charge is 2.25. The van der Waals surface area contributed by atoms with Crippen LogP contribution in [0.1, 0.15) is 13.3 Å². The summed E-state index contributed by atoms with van der Waals surface area (Å²) in [5.74, 6) is -0.0333. The van der Waals surface area contributed by atoms with Gasteiger partial charge in [0.15, 0.2) is 11.5 Å². The molecule has 21 heavy (non-hydrogen) atoms. The van der Waals surface area contributed by atoms with Crippen LogP contribution in [0.4, 0.5) is 11.5 Å². The molecule has 3 rings (SSSR count). The Hall–Kier alpha value is -2.28. The minimum Gasteiger partial charge on any atom is -0.396 e. The van der Waals surface area contributed by atoms with Crippen molar-refractivity contribution in [2.45, 2.75) is 26.4 Å². The van der Waals surface area contributed by atoms with Gasteiger partial charge in [0, 0.05) is 18.7 Å². The van der Waals surface area contributed by atoms with E-state index in [2.05, 4.69) is 4.99 Å². The molecule has 7 nitrogen and oxygen atoms in total. The summed E-state index contributed by atoms with van der Waals surface area (Å²) in [6.07, 6.45) is 2.38. The molecule has 0 amide bonds. The molecule has 110 valence electrons. The van der Waals surface area contributed by atoms with Gasteiger partial charge < -0.3 is 11.5 Å². The van der Waals surface area contributed by atoms with Crippen LogP contribution in [0.15, 0.2) is 32.2 Å². The molecule has 0 aromatic carbocycles. The van der Waals surface area contributed by atoms with E-state index in [0.717, 1.165) is 6.42 Å². The summed E-state index contributed by atoms with van der Waals surface area (Å²) in [5.41, 5.74) is 12.4. The Morgan fingerprint density at radius 3 is 2.57 bits per heavy atom. The van der Waals surface area contributed by atoms with Crippen molar-refractivity contribution in [3.05, 3.63) is 32.7 Å². The van der Waals surface area contributed by atoms with Gasteiger partial charge in [0.25, 0.3) is 5.56 Å². The van der Waals surface area contributed by atoms with Crippen molar-refractivity contribution >= 4 is 34.6 Å². The maximum atomic E-state index is 12.3. The minimum absolute atomic E-state index is 0.0578. The number of anilines is 1. The second-order valence-electron chi connectivity index (χ2n) is 5.02. The van der Waals surface area contributed by atoms with Gasteiger partial charge in [0.1, 0.15) is 5.03 Å². The van der Waals surface area contributed by atoms with E-state index in [-0.39, 0.29) is 33.5 Å². The molecule has 0 saturated carbocycles. The number of nitrogen functional groups attached to an aromatic ring is 1. The van der Waals surface area contributed by atoms with Gasteiger partial charge in [-0.3, -0.25) is 14.3 Å². The van der Waals surface area contributed by atoms with Gasteiger partial charge in [-0.2, -0.15) is 0 Å². The molecular weight excluding hydrogens is 294 g/mol. The van der Waals surface area contributed by atoms with Crippen molar-refractivity contribution in [1.82, 2.24) is 9.36 Å². The average Bonchev–Trinajstić information content (AvgIpc) is 3.02. The van der Waals surface area contributed by atoms with E-state index in [9.17, 15) is 9.59 Å². The number of fused-ring (bicyclic) bond motifs is 1. The van der Waals surface area contributed by atoms with Crippen LogP contribution < -0.4 is 17.0 Å². The number of aliphatic imine (C=N–C) groups is 1. The van der Waals surface area contributed by atoms with Crippen LogP contribution in [0.3, 0.4) is 0 Å². The maximum Gasteiger partial charge on any atom is 0.294 e. The van der Waals surface area contributed by atoms with E-state index in [1.165, 1.54) is 6.08 Å². The first-order valence-corrected chi connectivity index (χ1v) is 6.86. The Kier molecular flexibility index (Phi) is 3.02. The average molecular weight is 308 g/mol. The van der Waals surface area contributed by atoms with Crippen molar-refractivity contribution in [3.8, 4) is 0 Å². The molecule has 0 radical (unpaired) electrons. The van der Waals surface area contributed by atoms with Crippen LogP contribution in [0.25, 0.3) is 0 Å². The summed E-state index contributed by atoms with van der Waals surface area (Å²) >= 11 is 5.89. The third-order valence-electron chi connectivity index (χ3n) is 3.64. The van der Waals surface area contributed by atoms with Crippen LogP contribution in [0, 0.1) is 0 Å². The highest BCUT2D eigenvalue weighted by atomic mass is 35.5. The van der Waals surface area contributed by atoms with Crippen molar-refractivity contribution in [2.75, 3.05) is 5.73 Å². The molecule has 0 saturated heterocycles. The Balaban J connectivity index is 2.16. The predicted octanol–water partition coefficient (Wildman–Crippen LogP) is 0.646. The number of rotatable bonds is 1. The Labute approximate surface area is 125 Å². The van der Waals surface area contributed by atoms with Crippen molar-refractivity contribution in [1.29, 1.82) is 0 Å². The monoisotopic (exact) mass is 307 g/mol. The van der Waals surface area contributed by atoms with Crippen LogP contribution >= 0.6 is 11.6 Å². The minimum atomic E-state index is -0.336. The maximum absolute atomic E-state index is 12.3. The number of nitrogens with two attached hydrogens (primary N) is 2. The van der Waals surface area contributed by atoms with Crippen molar-refractivity contribution in [3.63, 3.8) is 0 Å².